The van der Waals surface area contributed by atoms with E-state index in [9.17, 15) is 4.79 Å². The van der Waals surface area contributed by atoms with Crippen LogP contribution < -0.4 is 19.7 Å². The number of hydrogen-bond donors (Lipinski definition) is 2. The first-order chi connectivity index (χ1) is 14.6. The van der Waals surface area contributed by atoms with Crippen LogP contribution >= 0.6 is 0 Å². The number of hydrogen-bond acceptors (Lipinski definition) is 3. The molecule has 5 heteroatoms. The van der Waals surface area contributed by atoms with Crippen molar-refractivity contribution in [3.8, 4) is 11.5 Å². The molecule has 2 aliphatic heterocycles. The van der Waals surface area contributed by atoms with Gasteiger partial charge in [0.1, 0.15) is 13.2 Å². The predicted octanol–water partition coefficient (Wildman–Crippen LogP) is 2.64. The fourth-order valence-electron chi connectivity index (χ4n) is 4.20. The van der Waals surface area contributed by atoms with E-state index in [1.54, 1.807) is 0 Å². The lowest BCUT2D eigenvalue weighted by atomic mass is 9.95. The summed E-state index contributed by atoms with van der Waals surface area (Å²) in [4.78, 5) is 14.1. The highest BCUT2D eigenvalue weighted by molar-refractivity contribution is 5.77. The molecule has 0 spiro atoms. The average molecular weight is 408 g/mol. The van der Waals surface area contributed by atoms with Crippen LogP contribution in [0.4, 0.5) is 0 Å². The Hall–Kier alpha value is -2.79. The SMILES string of the molecule is CC(C)[C@@H](NC(=O)C[NH+]1CC=C(c2ccccc2)CC1)c1ccc2c(c1)OCCO2. The first kappa shape index (κ1) is 20.5. The van der Waals surface area contributed by atoms with Crippen LogP contribution in [0.15, 0.2) is 54.6 Å². The standard InChI is InChI=1S/C25H30N2O3/c1-18(2)25(21-8-9-22-23(16-21)30-15-14-29-22)26-24(28)17-27-12-10-20(11-13-27)19-6-4-3-5-7-19/h3-10,16,18,25H,11-15,17H2,1-2H3,(H,26,28)/p+1/t25-/m1/s1. The van der Waals surface area contributed by atoms with Crippen LogP contribution in [0.3, 0.4) is 0 Å². The molecule has 158 valence electrons. The van der Waals surface area contributed by atoms with Crippen LogP contribution in [-0.2, 0) is 4.79 Å². The van der Waals surface area contributed by atoms with Gasteiger partial charge in [-0.05, 0) is 40.8 Å². The molecule has 5 nitrogen and oxygen atoms in total. The Morgan fingerprint density at radius 3 is 2.53 bits per heavy atom. The number of amides is 1. The van der Waals surface area contributed by atoms with E-state index < -0.39 is 0 Å². The van der Waals surface area contributed by atoms with Gasteiger partial charge < -0.3 is 19.7 Å². The molecule has 2 atom stereocenters. The highest BCUT2D eigenvalue weighted by Gasteiger charge is 2.24. The lowest BCUT2D eigenvalue weighted by molar-refractivity contribution is -0.886. The lowest BCUT2D eigenvalue weighted by Crippen LogP contribution is -3.13. The van der Waals surface area contributed by atoms with E-state index in [1.807, 2.05) is 24.3 Å². The quantitative estimate of drug-likeness (QED) is 0.774. The Balaban J connectivity index is 1.37. The van der Waals surface area contributed by atoms with Crippen molar-refractivity contribution in [3.05, 3.63) is 65.7 Å². The second kappa shape index (κ2) is 9.35. The highest BCUT2D eigenvalue weighted by atomic mass is 16.6. The Bertz CT molecular complexity index is 908. The van der Waals surface area contributed by atoms with Crippen LogP contribution in [0, 0.1) is 5.92 Å². The molecule has 0 aromatic heterocycles. The Morgan fingerprint density at radius 1 is 1.07 bits per heavy atom. The largest absolute Gasteiger partial charge is 0.486 e. The van der Waals surface area contributed by atoms with Gasteiger partial charge in [-0.3, -0.25) is 4.79 Å². The molecule has 30 heavy (non-hydrogen) atoms. The molecule has 4 rings (SSSR count). The fourth-order valence-corrected chi connectivity index (χ4v) is 4.20. The van der Waals surface area contributed by atoms with Crippen LogP contribution in [-0.4, -0.2) is 38.8 Å². The lowest BCUT2D eigenvalue weighted by Gasteiger charge is -2.27. The predicted molar refractivity (Wildman–Crippen MR) is 118 cm³/mol. The smallest absolute Gasteiger partial charge is 0.275 e. The number of carbonyl (C=O) groups excluding carboxylic acids is 1. The van der Waals surface area contributed by atoms with E-state index in [2.05, 4.69) is 49.5 Å². The molecule has 0 aliphatic carbocycles. The van der Waals surface area contributed by atoms with Crippen molar-refractivity contribution in [2.75, 3.05) is 32.8 Å². The molecule has 1 unspecified atom stereocenters. The van der Waals surface area contributed by atoms with Crippen LogP contribution in [0.2, 0.25) is 0 Å². The minimum Gasteiger partial charge on any atom is -0.486 e. The molecule has 2 heterocycles. The van der Waals surface area contributed by atoms with Crippen LogP contribution in [0.5, 0.6) is 11.5 Å². The van der Waals surface area contributed by atoms with E-state index in [0.29, 0.717) is 19.8 Å². The van der Waals surface area contributed by atoms with Crippen molar-refractivity contribution in [2.24, 2.45) is 5.92 Å². The molecule has 0 bridgehead atoms. The zero-order chi connectivity index (χ0) is 20.9. The second-order valence-electron chi connectivity index (χ2n) is 8.42. The van der Waals surface area contributed by atoms with Gasteiger partial charge in [0.2, 0.25) is 0 Å². The minimum atomic E-state index is -0.0482. The van der Waals surface area contributed by atoms with E-state index in [4.69, 9.17) is 9.47 Å². The summed E-state index contributed by atoms with van der Waals surface area (Å²) in [6.45, 7) is 7.75. The highest BCUT2D eigenvalue weighted by Crippen LogP contribution is 2.34. The van der Waals surface area contributed by atoms with Crippen molar-refractivity contribution in [1.82, 2.24) is 5.32 Å². The number of quaternary nitrogens is 1. The number of rotatable bonds is 6. The normalized spacial score (nSPS) is 19.2. The molecule has 0 saturated heterocycles. The molecule has 2 N–H and O–H groups in total. The molecular weight excluding hydrogens is 376 g/mol. The van der Waals surface area contributed by atoms with E-state index >= 15 is 0 Å². The Kier molecular flexibility index (Phi) is 6.38. The van der Waals surface area contributed by atoms with Crippen LogP contribution in [0.25, 0.3) is 5.57 Å². The maximum atomic E-state index is 12.8. The zero-order valence-corrected chi connectivity index (χ0v) is 17.8. The number of carbonyl (C=O) groups is 1. The first-order valence-electron chi connectivity index (χ1n) is 10.9. The van der Waals surface area contributed by atoms with E-state index in [0.717, 1.165) is 36.6 Å². The average Bonchev–Trinajstić information content (AvgIpc) is 2.78. The number of benzene rings is 2. The van der Waals surface area contributed by atoms with Gasteiger partial charge in [0.15, 0.2) is 18.0 Å². The summed E-state index contributed by atoms with van der Waals surface area (Å²) in [6.07, 6.45) is 3.28. The van der Waals surface area contributed by atoms with Gasteiger partial charge >= 0.3 is 0 Å². The molecular formula is C25H31N2O3+. The summed E-state index contributed by atoms with van der Waals surface area (Å²) in [7, 11) is 0. The van der Waals surface area contributed by atoms with E-state index in [-0.39, 0.29) is 17.9 Å². The molecule has 1 amide bonds. The van der Waals surface area contributed by atoms with Crippen molar-refractivity contribution < 1.29 is 19.2 Å². The maximum absolute atomic E-state index is 12.8. The van der Waals surface area contributed by atoms with Crippen molar-refractivity contribution in [2.45, 2.75) is 26.3 Å². The molecule has 0 fully saturated rings. The minimum absolute atomic E-state index is 0.0482. The van der Waals surface area contributed by atoms with E-state index in [1.165, 1.54) is 16.0 Å². The van der Waals surface area contributed by atoms with Crippen molar-refractivity contribution >= 4 is 11.5 Å². The van der Waals surface area contributed by atoms with Gasteiger partial charge in [-0.2, -0.15) is 0 Å². The summed E-state index contributed by atoms with van der Waals surface area (Å²) in [6, 6.07) is 16.4. The van der Waals surface area contributed by atoms with Gasteiger partial charge in [-0.25, -0.2) is 0 Å². The topological polar surface area (TPSA) is 52.0 Å². The van der Waals surface area contributed by atoms with Gasteiger partial charge in [0.25, 0.3) is 5.91 Å². The third-order valence-corrected chi connectivity index (χ3v) is 5.85. The van der Waals surface area contributed by atoms with Crippen molar-refractivity contribution in [1.29, 1.82) is 0 Å². The molecule has 2 aromatic carbocycles. The molecule has 0 radical (unpaired) electrons. The summed E-state index contributed by atoms with van der Waals surface area (Å²) < 4.78 is 11.3. The number of fused-ring (bicyclic) bond motifs is 1. The summed E-state index contributed by atoms with van der Waals surface area (Å²) >= 11 is 0. The zero-order valence-electron chi connectivity index (χ0n) is 17.8. The maximum Gasteiger partial charge on any atom is 0.275 e. The molecule has 2 aromatic rings. The van der Waals surface area contributed by atoms with Gasteiger partial charge in [0.05, 0.1) is 19.1 Å². The van der Waals surface area contributed by atoms with Crippen molar-refractivity contribution in [3.63, 3.8) is 0 Å². The fraction of sp³-hybridized carbons (Fsp3) is 0.400. The molecule has 2 aliphatic rings. The second-order valence-corrected chi connectivity index (χ2v) is 8.42. The number of nitrogens with one attached hydrogen (secondary N) is 2. The van der Waals surface area contributed by atoms with Crippen LogP contribution in [0.1, 0.15) is 37.4 Å². The van der Waals surface area contributed by atoms with Gasteiger partial charge in [-0.15, -0.1) is 0 Å². The third kappa shape index (κ3) is 4.85. The Morgan fingerprint density at radius 2 is 1.83 bits per heavy atom. The first-order valence-corrected chi connectivity index (χ1v) is 10.9. The van der Waals surface area contributed by atoms with Gasteiger partial charge in [-0.1, -0.05) is 50.2 Å². The summed E-state index contributed by atoms with van der Waals surface area (Å²) in [5.41, 5.74) is 3.73. The van der Waals surface area contributed by atoms with Gasteiger partial charge in [0, 0.05) is 6.42 Å². The third-order valence-electron chi connectivity index (χ3n) is 5.85. The molecule has 0 saturated carbocycles. The Labute approximate surface area is 178 Å². The summed E-state index contributed by atoms with van der Waals surface area (Å²) in [5, 5.41) is 3.25. The summed E-state index contributed by atoms with van der Waals surface area (Å²) in [5.74, 6) is 1.91. The monoisotopic (exact) mass is 407 g/mol. The number of ether oxygens (including phenoxy) is 2.